The average molecular weight is 246 g/mol. The van der Waals surface area contributed by atoms with Crippen molar-refractivity contribution >= 4 is 12.2 Å². The number of aromatic nitrogens is 2. The summed E-state index contributed by atoms with van der Waals surface area (Å²) in [5.74, 6) is 0. The van der Waals surface area contributed by atoms with Gasteiger partial charge in [-0.2, -0.15) is 0 Å². The lowest BCUT2D eigenvalue weighted by molar-refractivity contribution is 0.794. The molecular weight excluding hydrogens is 228 g/mol. The zero-order valence-electron chi connectivity index (χ0n) is 10.4. The molecule has 1 heterocycles. The molecule has 90 valence electrons. The Labute approximate surface area is 107 Å². The van der Waals surface area contributed by atoms with E-state index in [2.05, 4.69) is 36.2 Å². The van der Waals surface area contributed by atoms with Gasteiger partial charge in [0.15, 0.2) is 4.77 Å². The molecule has 0 fully saturated rings. The topological polar surface area (TPSA) is 20.7 Å². The summed E-state index contributed by atoms with van der Waals surface area (Å²) in [5, 5.41) is 0. The molecule has 0 aliphatic carbocycles. The highest BCUT2D eigenvalue weighted by atomic mass is 32.1. The van der Waals surface area contributed by atoms with Gasteiger partial charge in [0.25, 0.3) is 0 Å². The molecule has 0 aliphatic rings. The lowest BCUT2D eigenvalue weighted by Gasteiger charge is -2.04. The second kappa shape index (κ2) is 5.32. The Bertz CT molecular complexity index is 534. The van der Waals surface area contributed by atoms with E-state index in [0.29, 0.717) is 0 Å². The van der Waals surface area contributed by atoms with Crippen LogP contribution in [-0.2, 0) is 6.42 Å². The Morgan fingerprint density at radius 1 is 1.24 bits per heavy atom. The molecule has 0 atom stereocenters. The lowest BCUT2D eigenvalue weighted by atomic mass is 10.1. The van der Waals surface area contributed by atoms with Gasteiger partial charge < -0.3 is 4.98 Å². The third-order valence-electron chi connectivity index (χ3n) is 2.88. The van der Waals surface area contributed by atoms with Crippen molar-refractivity contribution in [1.29, 1.82) is 0 Å². The summed E-state index contributed by atoms with van der Waals surface area (Å²) in [7, 11) is 0. The van der Waals surface area contributed by atoms with E-state index in [-0.39, 0.29) is 0 Å². The van der Waals surface area contributed by atoms with Crippen LogP contribution in [0.5, 0.6) is 0 Å². The SMILES string of the molecule is CCCCc1ccc(-n2cc(C)[nH]c2=S)cc1. The molecule has 1 N–H and O–H groups in total. The summed E-state index contributed by atoms with van der Waals surface area (Å²) < 4.78 is 2.76. The van der Waals surface area contributed by atoms with Crippen molar-refractivity contribution < 1.29 is 0 Å². The van der Waals surface area contributed by atoms with E-state index in [0.717, 1.165) is 22.6 Å². The fourth-order valence-electron chi connectivity index (χ4n) is 1.91. The van der Waals surface area contributed by atoms with Crippen LogP contribution in [0.1, 0.15) is 31.0 Å². The van der Waals surface area contributed by atoms with E-state index < -0.39 is 0 Å². The molecule has 2 aromatic rings. The molecule has 3 heteroatoms. The van der Waals surface area contributed by atoms with Crippen LogP contribution >= 0.6 is 12.2 Å². The molecule has 0 radical (unpaired) electrons. The zero-order valence-corrected chi connectivity index (χ0v) is 11.2. The number of aryl methyl sites for hydroxylation is 2. The van der Waals surface area contributed by atoms with Crippen molar-refractivity contribution in [3.05, 3.63) is 46.5 Å². The number of nitrogens with zero attached hydrogens (tertiary/aromatic N) is 1. The van der Waals surface area contributed by atoms with Gasteiger partial charge in [-0.05, 0) is 49.7 Å². The second-order valence-electron chi connectivity index (χ2n) is 4.38. The first-order valence-corrected chi connectivity index (χ1v) is 6.49. The van der Waals surface area contributed by atoms with Crippen LogP contribution in [-0.4, -0.2) is 9.55 Å². The maximum absolute atomic E-state index is 5.27. The summed E-state index contributed by atoms with van der Waals surface area (Å²) in [5.41, 5.74) is 3.61. The van der Waals surface area contributed by atoms with Crippen molar-refractivity contribution in [2.24, 2.45) is 0 Å². The van der Waals surface area contributed by atoms with Gasteiger partial charge in [-0.15, -0.1) is 0 Å². The minimum absolute atomic E-state index is 0.754. The molecular formula is C14H18N2S. The van der Waals surface area contributed by atoms with E-state index >= 15 is 0 Å². The predicted molar refractivity (Wildman–Crippen MR) is 74.3 cm³/mol. The lowest BCUT2D eigenvalue weighted by Crippen LogP contribution is -1.93. The Balaban J connectivity index is 2.23. The van der Waals surface area contributed by atoms with Crippen molar-refractivity contribution in [1.82, 2.24) is 9.55 Å². The minimum atomic E-state index is 0.754. The molecule has 0 saturated carbocycles. The molecule has 0 aliphatic heterocycles. The van der Waals surface area contributed by atoms with E-state index in [1.54, 1.807) is 0 Å². The first-order chi connectivity index (χ1) is 8.20. The molecule has 2 rings (SSSR count). The third kappa shape index (κ3) is 2.86. The number of aromatic amines is 1. The van der Waals surface area contributed by atoms with Crippen LogP contribution in [0.3, 0.4) is 0 Å². The number of hydrogen-bond acceptors (Lipinski definition) is 1. The fourth-order valence-corrected chi connectivity index (χ4v) is 2.23. The van der Waals surface area contributed by atoms with Crippen molar-refractivity contribution in [3.63, 3.8) is 0 Å². The maximum Gasteiger partial charge on any atom is 0.181 e. The molecule has 17 heavy (non-hydrogen) atoms. The van der Waals surface area contributed by atoms with Gasteiger partial charge in [-0.1, -0.05) is 25.5 Å². The first-order valence-electron chi connectivity index (χ1n) is 6.08. The maximum atomic E-state index is 5.27. The fraction of sp³-hybridized carbons (Fsp3) is 0.357. The van der Waals surface area contributed by atoms with Gasteiger partial charge in [0.1, 0.15) is 0 Å². The van der Waals surface area contributed by atoms with Gasteiger partial charge in [-0.3, -0.25) is 4.57 Å². The number of H-pyrrole nitrogens is 1. The second-order valence-corrected chi connectivity index (χ2v) is 4.77. The molecule has 1 aromatic carbocycles. The Hall–Kier alpha value is -1.35. The Kier molecular flexibility index (Phi) is 3.79. The highest BCUT2D eigenvalue weighted by Crippen LogP contribution is 2.13. The Morgan fingerprint density at radius 2 is 1.94 bits per heavy atom. The predicted octanol–water partition coefficient (Wildman–Crippen LogP) is 4.19. The quantitative estimate of drug-likeness (QED) is 0.802. The monoisotopic (exact) mass is 246 g/mol. The Morgan fingerprint density at radius 3 is 2.47 bits per heavy atom. The molecule has 1 aromatic heterocycles. The van der Waals surface area contributed by atoms with E-state index in [4.69, 9.17) is 12.2 Å². The van der Waals surface area contributed by atoms with Crippen molar-refractivity contribution in [3.8, 4) is 5.69 Å². The van der Waals surface area contributed by atoms with E-state index in [1.165, 1.54) is 18.4 Å². The standard InChI is InChI=1S/C14H18N2S/c1-3-4-5-12-6-8-13(9-7-12)16-10-11(2)15-14(16)17/h6-10H,3-5H2,1-2H3,(H,15,17). The molecule has 0 saturated heterocycles. The van der Waals surface area contributed by atoms with Crippen LogP contribution in [0.15, 0.2) is 30.5 Å². The number of nitrogens with one attached hydrogen (secondary N) is 1. The van der Waals surface area contributed by atoms with Crippen LogP contribution in [0.25, 0.3) is 5.69 Å². The highest BCUT2D eigenvalue weighted by Gasteiger charge is 2.00. The van der Waals surface area contributed by atoms with Gasteiger partial charge in [0, 0.05) is 17.6 Å². The van der Waals surface area contributed by atoms with Gasteiger partial charge >= 0.3 is 0 Å². The van der Waals surface area contributed by atoms with Gasteiger partial charge in [0.2, 0.25) is 0 Å². The van der Waals surface area contributed by atoms with Crippen LogP contribution in [0, 0.1) is 11.7 Å². The summed E-state index contributed by atoms with van der Waals surface area (Å²) in [6, 6.07) is 8.65. The minimum Gasteiger partial charge on any atom is -0.335 e. The average Bonchev–Trinajstić information content (AvgIpc) is 2.66. The zero-order chi connectivity index (χ0) is 12.3. The highest BCUT2D eigenvalue weighted by molar-refractivity contribution is 7.71. The van der Waals surface area contributed by atoms with Crippen LogP contribution in [0.2, 0.25) is 0 Å². The van der Waals surface area contributed by atoms with E-state index in [9.17, 15) is 0 Å². The number of benzene rings is 1. The molecule has 0 unspecified atom stereocenters. The first kappa shape index (κ1) is 12.1. The molecule has 0 spiro atoms. The number of unbranched alkanes of at least 4 members (excludes halogenated alkanes) is 1. The molecule has 0 bridgehead atoms. The summed E-state index contributed by atoms with van der Waals surface area (Å²) in [6.07, 6.45) is 5.68. The summed E-state index contributed by atoms with van der Waals surface area (Å²) >= 11 is 5.27. The molecule has 0 amide bonds. The van der Waals surface area contributed by atoms with Crippen LogP contribution in [0.4, 0.5) is 0 Å². The number of imidazole rings is 1. The van der Waals surface area contributed by atoms with Crippen molar-refractivity contribution in [2.75, 3.05) is 0 Å². The van der Waals surface area contributed by atoms with E-state index in [1.807, 2.05) is 17.7 Å². The van der Waals surface area contributed by atoms with Gasteiger partial charge in [-0.25, -0.2) is 0 Å². The number of hydrogen-bond donors (Lipinski definition) is 1. The summed E-state index contributed by atoms with van der Waals surface area (Å²) in [6.45, 7) is 4.23. The third-order valence-corrected chi connectivity index (χ3v) is 3.18. The number of rotatable bonds is 4. The van der Waals surface area contributed by atoms with Gasteiger partial charge in [0.05, 0.1) is 0 Å². The normalized spacial score (nSPS) is 10.7. The summed E-state index contributed by atoms with van der Waals surface area (Å²) in [4.78, 5) is 3.13. The molecule has 2 nitrogen and oxygen atoms in total. The largest absolute Gasteiger partial charge is 0.335 e. The van der Waals surface area contributed by atoms with Crippen LogP contribution < -0.4 is 0 Å². The van der Waals surface area contributed by atoms with Crippen molar-refractivity contribution in [2.45, 2.75) is 33.1 Å². The smallest absolute Gasteiger partial charge is 0.181 e.